The van der Waals surface area contributed by atoms with Gasteiger partial charge in [0.2, 0.25) is 0 Å². The average Bonchev–Trinajstić information content (AvgIpc) is 2.79. The Hall–Kier alpha value is -1.82. The number of fused-ring (bicyclic) bond motifs is 1. The number of hydrogen-bond acceptors (Lipinski definition) is 1. The molecule has 2 aromatic heterocycles. The summed E-state index contributed by atoms with van der Waals surface area (Å²) in [5.74, 6) is 0. The molecule has 0 amide bonds. The minimum Gasteiger partial charge on any atom is -0.293 e. The third-order valence-corrected chi connectivity index (χ3v) is 3.56. The summed E-state index contributed by atoms with van der Waals surface area (Å²) >= 11 is 3.21. The van der Waals surface area contributed by atoms with Crippen molar-refractivity contribution in [2.45, 2.75) is 6.18 Å². The molecule has 0 bridgehead atoms. The first-order chi connectivity index (χ1) is 9.47. The summed E-state index contributed by atoms with van der Waals surface area (Å²) < 4.78 is 41.3. The lowest BCUT2D eigenvalue weighted by Crippen LogP contribution is -2.08. The van der Waals surface area contributed by atoms with Crippen LogP contribution in [-0.4, -0.2) is 9.38 Å². The second-order valence-electron chi connectivity index (χ2n) is 4.28. The Morgan fingerprint density at radius 1 is 1.05 bits per heavy atom. The molecular formula is C14H8BrF3N2. The molecule has 0 saturated carbocycles. The van der Waals surface area contributed by atoms with E-state index in [1.165, 1.54) is 10.6 Å². The Morgan fingerprint density at radius 2 is 1.75 bits per heavy atom. The van der Waals surface area contributed by atoms with Gasteiger partial charge >= 0.3 is 6.18 Å². The van der Waals surface area contributed by atoms with Crippen LogP contribution in [0.4, 0.5) is 13.2 Å². The van der Waals surface area contributed by atoms with Crippen molar-refractivity contribution in [1.29, 1.82) is 0 Å². The number of hydrogen-bond donors (Lipinski definition) is 0. The molecule has 0 N–H and O–H groups in total. The Kier molecular flexibility index (Phi) is 3.05. The van der Waals surface area contributed by atoms with E-state index in [0.717, 1.165) is 11.6 Å². The monoisotopic (exact) mass is 340 g/mol. The fraction of sp³-hybridized carbons (Fsp3) is 0.0714. The van der Waals surface area contributed by atoms with E-state index in [9.17, 15) is 13.2 Å². The van der Waals surface area contributed by atoms with Crippen molar-refractivity contribution in [2.75, 3.05) is 0 Å². The van der Waals surface area contributed by atoms with Crippen molar-refractivity contribution in [3.8, 4) is 11.1 Å². The molecule has 0 saturated heterocycles. The number of pyridine rings is 1. The molecule has 0 aliphatic heterocycles. The number of nitrogens with zero attached hydrogens (tertiary/aromatic N) is 2. The number of alkyl halides is 3. The van der Waals surface area contributed by atoms with Crippen LogP contribution in [0.1, 0.15) is 5.56 Å². The van der Waals surface area contributed by atoms with Crippen LogP contribution < -0.4 is 0 Å². The zero-order chi connectivity index (χ0) is 14.3. The van der Waals surface area contributed by atoms with E-state index in [4.69, 9.17) is 0 Å². The van der Waals surface area contributed by atoms with Gasteiger partial charge in [0.15, 0.2) is 0 Å². The SMILES string of the molecule is FC(F)(F)c1cc(-c2ccccc2)cn2c(Br)cnc12. The van der Waals surface area contributed by atoms with Gasteiger partial charge in [0.05, 0.1) is 11.8 Å². The Labute approximate surface area is 121 Å². The first-order valence-corrected chi connectivity index (χ1v) is 6.55. The fourth-order valence-electron chi connectivity index (χ4n) is 2.06. The number of imidazole rings is 1. The molecule has 3 aromatic rings. The molecule has 0 unspecified atom stereocenters. The van der Waals surface area contributed by atoms with Crippen molar-refractivity contribution in [3.63, 3.8) is 0 Å². The molecule has 2 heterocycles. The summed E-state index contributed by atoms with van der Waals surface area (Å²) in [5.41, 5.74) is 0.359. The molecule has 3 rings (SSSR count). The van der Waals surface area contributed by atoms with Crippen molar-refractivity contribution in [1.82, 2.24) is 9.38 Å². The lowest BCUT2D eigenvalue weighted by Gasteiger charge is -2.11. The van der Waals surface area contributed by atoms with Gasteiger partial charge in [-0.25, -0.2) is 4.98 Å². The van der Waals surface area contributed by atoms with Crippen LogP contribution in [0, 0.1) is 0 Å². The van der Waals surface area contributed by atoms with Crippen LogP contribution in [0.2, 0.25) is 0 Å². The molecule has 6 heteroatoms. The first-order valence-electron chi connectivity index (χ1n) is 5.76. The van der Waals surface area contributed by atoms with E-state index in [-0.39, 0.29) is 5.65 Å². The predicted octanol–water partition coefficient (Wildman–Crippen LogP) is 4.78. The van der Waals surface area contributed by atoms with E-state index < -0.39 is 11.7 Å². The van der Waals surface area contributed by atoms with Crippen LogP contribution in [0.25, 0.3) is 16.8 Å². The Balaban J connectivity index is 2.33. The lowest BCUT2D eigenvalue weighted by atomic mass is 10.1. The summed E-state index contributed by atoms with van der Waals surface area (Å²) in [7, 11) is 0. The van der Waals surface area contributed by atoms with Gasteiger partial charge in [-0.15, -0.1) is 0 Å². The number of benzene rings is 1. The molecule has 2 nitrogen and oxygen atoms in total. The van der Waals surface area contributed by atoms with Gasteiger partial charge in [0.1, 0.15) is 10.3 Å². The van der Waals surface area contributed by atoms with E-state index >= 15 is 0 Å². The summed E-state index contributed by atoms with van der Waals surface area (Å²) in [6.45, 7) is 0. The lowest BCUT2D eigenvalue weighted by molar-refractivity contribution is -0.136. The highest BCUT2D eigenvalue weighted by atomic mass is 79.9. The van der Waals surface area contributed by atoms with E-state index in [0.29, 0.717) is 10.2 Å². The van der Waals surface area contributed by atoms with Crippen LogP contribution in [-0.2, 0) is 6.18 Å². The quantitative estimate of drug-likeness (QED) is 0.623. The van der Waals surface area contributed by atoms with Gasteiger partial charge in [0, 0.05) is 6.20 Å². The molecular weight excluding hydrogens is 333 g/mol. The normalized spacial score (nSPS) is 12.0. The third-order valence-electron chi connectivity index (χ3n) is 2.97. The van der Waals surface area contributed by atoms with Crippen LogP contribution in [0.3, 0.4) is 0 Å². The maximum absolute atomic E-state index is 13.2. The summed E-state index contributed by atoms with van der Waals surface area (Å²) in [6.07, 6.45) is -1.45. The molecule has 1 aromatic carbocycles. The topological polar surface area (TPSA) is 17.3 Å². The molecule has 0 spiro atoms. The molecule has 20 heavy (non-hydrogen) atoms. The van der Waals surface area contributed by atoms with E-state index in [1.54, 1.807) is 30.5 Å². The van der Waals surface area contributed by atoms with E-state index in [1.807, 2.05) is 6.07 Å². The maximum Gasteiger partial charge on any atom is 0.420 e. The minimum atomic E-state index is -4.45. The van der Waals surface area contributed by atoms with Crippen molar-refractivity contribution >= 4 is 21.6 Å². The fourth-order valence-corrected chi connectivity index (χ4v) is 2.43. The number of halogens is 4. The largest absolute Gasteiger partial charge is 0.420 e. The summed E-state index contributed by atoms with van der Waals surface area (Å²) in [5, 5.41) is 0. The Bertz CT molecular complexity index is 763. The molecule has 0 aliphatic rings. The highest BCUT2D eigenvalue weighted by Crippen LogP contribution is 2.35. The Morgan fingerprint density at radius 3 is 2.40 bits per heavy atom. The first kappa shape index (κ1) is 13.2. The zero-order valence-corrected chi connectivity index (χ0v) is 11.6. The van der Waals surface area contributed by atoms with Gasteiger partial charge in [0.25, 0.3) is 0 Å². The average molecular weight is 341 g/mol. The smallest absolute Gasteiger partial charge is 0.293 e. The van der Waals surface area contributed by atoms with Crippen molar-refractivity contribution < 1.29 is 13.2 Å². The highest BCUT2D eigenvalue weighted by molar-refractivity contribution is 9.10. The van der Waals surface area contributed by atoms with Gasteiger partial charge in [-0.05, 0) is 33.1 Å². The zero-order valence-electron chi connectivity index (χ0n) is 10.0. The molecule has 0 atom stereocenters. The van der Waals surface area contributed by atoms with E-state index in [2.05, 4.69) is 20.9 Å². The van der Waals surface area contributed by atoms with Crippen molar-refractivity contribution in [3.05, 3.63) is 59.0 Å². The van der Waals surface area contributed by atoms with Gasteiger partial charge in [-0.1, -0.05) is 30.3 Å². The predicted molar refractivity (Wildman–Crippen MR) is 73.3 cm³/mol. The molecule has 102 valence electrons. The molecule has 0 radical (unpaired) electrons. The number of aromatic nitrogens is 2. The van der Waals surface area contributed by atoms with Crippen LogP contribution in [0.5, 0.6) is 0 Å². The van der Waals surface area contributed by atoms with Gasteiger partial charge in [-0.3, -0.25) is 4.40 Å². The minimum absolute atomic E-state index is 0.107. The van der Waals surface area contributed by atoms with Gasteiger partial charge < -0.3 is 0 Å². The molecule has 0 fully saturated rings. The standard InChI is InChI=1S/C14H8BrF3N2/c15-12-7-19-13-11(14(16,17)18)6-10(8-20(12)13)9-4-2-1-3-5-9/h1-8H. The molecule has 0 aliphatic carbocycles. The third kappa shape index (κ3) is 2.20. The van der Waals surface area contributed by atoms with Gasteiger partial charge in [-0.2, -0.15) is 13.2 Å². The van der Waals surface area contributed by atoms with Crippen molar-refractivity contribution in [2.24, 2.45) is 0 Å². The second kappa shape index (κ2) is 4.63. The van der Waals surface area contributed by atoms with Crippen LogP contribution in [0.15, 0.2) is 53.4 Å². The number of rotatable bonds is 1. The highest BCUT2D eigenvalue weighted by Gasteiger charge is 2.34. The summed E-state index contributed by atoms with van der Waals surface area (Å²) in [4.78, 5) is 3.82. The van der Waals surface area contributed by atoms with Crippen LogP contribution >= 0.6 is 15.9 Å². The summed E-state index contributed by atoms with van der Waals surface area (Å²) in [6, 6.07) is 10.1. The maximum atomic E-state index is 13.2. The second-order valence-corrected chi connectivity index (χ2v) is 5.09.